The Hall–Kier alpha value is -2.29. The first-order valence-corrected chi connectivity index (χ1v) is 4.95. The molecule has 2 heterocycles. The summed E-state index contributed by atoms with van der Waals surface area (Å²) in [6, 6.07) is 9.01. The zero-order chi connectivity index (χ0) is 11.0. The average molecular weight is 211 g/mol. The molecule has 0 saturated carbocycles. The smallest absolute Gasteiger partial charge is 0.117 e. The highest BCUT2D eigenvalue weighted by atomic mass is 16.3. The number of nitrogens with zero attached hydrogens (tertiary/aromatic N) is 1. The number of phenols is 1. The number of hydrogen-bond acceptors (Lipinski definition) is 3. The lowest BCUT2D eigenvalue weighted by Crippen LogP contribution is -1.82. The fourth-order valence-electron chi connectivity index (χ4n) is 1.81. The molecular weight excluding hydrogens is 202 g/mol. The Morgan fingerprint density at radius 3 is 2.88 bits per heavy atom. The number of aromatic nitrogens is 1. The molecule has 3 heteroatoms. The molecule has 3 nitrogen and oxygen atoms in total. The van der Waals surface area contributed by atoms with Gasteiger partial charge in [0.2, 0.25) is 0 Å². The molecule has 0 aliphatic carbocycles. The molecule has 1 N–H and O–H groups in total. The van der Waals surface area contributed by atoms with Crippen LogP contribution in [-0.4, -0.2) is 10.1 Å². The molecule has 3 rings (SSSR count). The van der Waals surface area contributed by atoms with Gasteiger partial charge in [-0.25, -0.2) is 0 Å². The summed E-state index contributed by atoms with van der Waals surface area (Å²) >= 11 is 0. The first-order chi connectivity index (χ1) is 7.84. The standard InChI is InChI=1S/C13H9NO2/c15-10-1-2-12-11(9-4-6-16-8-9)3-5-14-13(12)7-10/h1-8,15H. The zero-order valence-corrected chi connectivity index (χ0v) is 8.42. The van der Waals surface area contributed by atoms with Gasteiger partial charge < -0.3 is 9.52 Å². The largest absolute Gasteiger partial charge is 0.508 e. The minimum atomic E-state index is 0.226. The van der Waals surface area contributed by atoms with E-state index in [1.807, 2.05) is 18.2 Å². The Labute approximate surface area is 92.0 Å². The summed E-state index contributed by atoms with van der Waals surface area (Å²) in [5, 5.41) is 10.4. The van der Waals surface area contributed by atoms with Crippen LogP contribution in [0.25, 0.3) is 22.0 Å². The van der Waals surface area contributed by atoms with Crippen LogP contribution >= 0.6 is 0 Å². The van der Waals surface area contributed by atoms with Crippen molar-refractivity contribution in [2.45, 2.75) is 0 Å². The quantitative estimate of drug-likeness (QED) is 0.672. The van der Waals surface area contributed by atoms with Crippen molar-refractivity contribution < 1.29 is 9.52 Å². The van der Waals surface area contributed by atoms with Gasteiger partial charge in [-0.15, -0.1) is 0 Å². The fraction of sp³-hybridized carbons (Fsp3) is 0. The van der Waals surface area contributed by atoms with E-state index in [-0.39, 0.29) is 5.75 Å². The van der Waals surface area contributed by atoms with Crippen molar-refractivity contribution in [3.63, 3.8) is 0 Å². The van der Waals surface area contributed by atoms with E-state index in [1.54, 1.807) is 30.9 Å². The highest BCUT2D eigenvalue weighted by Gasteiger charge is 2.05. The summed E-state index contributed by atoms with van der Waals surface area (Å²) in [7, 11) is 0. The molecule has 0 bridgehead atoms. The normalized spacial score (nSPS) is 10.8. The highest BCUT2D eigenvalue weighted by Crippen LogP contribution is 2.29. The van der Waals surface area contributed by atoms with E-state index in [1.165, 1.54) is 0 Å². The number of phenolic OH excluding ortho intramolecular Hbond substituents is 1. The van der Waals surface area contributed by atoms with Gasteiger partial charge in [0.15, 0.2) is 0 Å². The molecule has 0 aliphatic heterocycles. The van der Waals surface area contributed by atoms with Crippen molar-refractivity contribution in [1.29, 1.82) is 0 Å². The molecule has 0 atom stereocenters. The van der Waals surface area contributed by atoms with Crippen LogP contribution in [0.5, 0.6) is 5.75 Å². The predicted molar refractivity (Wildman–Crippen MR) is 61.1 cm³/mol. The van der Waals surface area contributed by atoms with Gasteiger partial charge >= 0.3 is 0 Å². The van der Waals surface area contributed by atoms with Gasteiger partial charge in [-0.1, -0.05) is 0 Å². The first-order valence-electron chi connectivity index (χ1n) is 4.95. The van der Waals surface area contributed by atoms with Crippen molar-refractivity contribution in [2.75, 3.05) is 0 Å². The maximum Gasteiger partial charge on any atom is 0.117 e. The third kappa shape index (κ3) is 1.34. The molecule has 0 spiro atoms. The van der Waals surface area contributed by atoms with E-state index in [2.05, 4.69) is 4.98 Å². The Bertz CT molecular complexity index is 629. The van der Waals surface area contributed by atoms with E-state index < -0.39 is 0 Å². The Kier molecular flexibility index (Phi) is 1.90. The van der Waals surface area contributed by atoms with Crippen LogP contribution in [0.4, 0.5) is 0 Å². The number of fused-ring (bicyclic) bond motifs is 1. The minimum Gasteiger partial charge on any atom is -0.508 e. The summed E-state index contributed by atoms with van der Waals surface area (Å²) in [6.45, 7) is 0. The molecule has 3 aromatic rings. The fourth-order valence-corrected chi connectivity index (χ4v) is 1.81. The summed E-state index contributed by atoms with van der Waals surface area (Å²) in [5.74, 6) is 0.226. The van der Waals surface area contributed by atoms with Crippen molar-refractivity contribution in [1.82, 2.24) is 4.98 Å². The monoisotopic (exact) mass is 211 g/mol. The van der Waals surface area contributed by atoms with E-state index in [0.29, 0.717) is 0 Å². The second-order valence-electron chi connectivity index (χ2n) is 3.57. The van der Waals surface area contributed by atoms with E-state index in [0.717, 1.165) is 22.0 Å². The van der Waals surface area contributed by atoms with Crippen LogP contribution in [0.15, 0.2) is 53.5 Å². The van der Waals surface area contributed by atoms with Crippen molar-refractivity contribution >= 4 is 10.9 Å². The number of rotatable bonds is 1. The SMILES string of the molecule is Oc1ccc2c(-c3ccoc3)ccnc2c1. The predicted octanol–water partition coefficient (Wildman–Crippen LogP) is 3.20. The third-order valence-corrected chi connectivity index (χ3v) is 2.56. The Morgan fingerprint density at radius 2 is 2.06 bits per heavy atom. The van der Waals surface area contributed by atoms with Gasteiger partial charge in [0, 0.05) is 23.2 Å². The van der Waals surface area contributed by atoms with Crippen LogP contribution in [0, 0.1) is 0 Å². The molecule has 0 aliphatic rings. The van der Waals surface area contributed by atoms with Crippen LogP contribution < -0.4 is 0 Å². The molecular formula is C13H9NO2. The Morgan fingerprint density at radius 1 is 1.12 bits per heavy atom. The van der Waals surface area contributed by atoms with Gasteiger partial charge in [-0.3, -0.25) is 4.98 Å². The molecule has 0 saturated heterocycles. The van der Waals surface area contributed by atoms with Gasteiger partial charge in [-0.05, 0) is 29.8 Å². The molecule has 16 heavy (non-hydrogen) atoms. The van der Waals surface area contributed by atoms with Gasteiger partial charge in [0.05, 0.1) is 18.0 Å². The third-order valence-electron chi connectivity index (χ3n) is 2.56. The summed E-state index contributed by atoms with van der Waals surface area (Å²) < 4.78 is 5.07. The Balaban J connectivity index is 2.34. The average Bonchev–Trinajstić information content (AvgIpc) is 2.81. The van der Waals surface area contributed by atoms with Crippen molar-refractivity contribution in [3.8, 4) is 16.9 Å². The number of pyridine rings is 1. The van der Waals surface area contributed by atoms with E-state index >= 15 is 0 Å². The van der Waals surface area contributed by atoms with Crippen LogP contribution in [0.2, 0.25) is 0 Å². The number of hydrogen-bond donors (Lipinski definition) is 1. The first kappa shape index (κ1) is 8.97. The number of aromatic hydroxyl groups is 1. The van der Waals surface area contributed by atoms with Crippen molar-refractivity contribution in [3.05, 3.63) is 49.1 Å². The second-order valence-corrected chi connectivity index (χ2v) is 3.57. The topological polar surface area (TPSA) is 46.3 Å². The zero-order valence-electron chi connectivity index (χ0n) is 8.42. The number of benzene rings is 1. The lowest BCUT2D eigenvalue weighted by atomic mass is 10.0. The van der Waals surface area contributed by atoms with Crippen LogP contribution in [0.1, 0.15) is 0 Å². The number of furan rings is 1. The summed E-state index contributed by atoms with van der Waals surface area (Å²) in [4.78, 5) is 4.22. The molecule has 1 aromatic carbocycles. The van der Waals surface area contributed by atoms with E-state index in [9.17, 15) is 5.11 Å². The molecule has 0 amide bonds. The molecule has 0 radical (unpaired) electrons. The molecule has 0 unspecified atom stereocenters. The highest BCUT2D eigenvalue weighted by molar-refractivity contribution is 5.94. The summed E-state index contributed by atoms with van der Waals surface area (Å²) in [5.41, 5.74) is 2.84. The maximum absolute atomic E-state index is 9.39. The lowest BCUT2D eigenvalue weighted by Gasteiger charge is -2.03. The lowest BCUT2D eigenvalue weighted by molar-refractivity contribution is 0.476. The van der Waals surface area contributed by atoms with E-state index in [4.69, 9.17) is 4.42 Å². The van der Waals surface area contributed by atoms with Gasteiger partial charge in [0.25, 0.3) is 0 Å². The molecule has 0 fully saturated rings. The van der Waals surface area contributed by atoms with Crippen molar-refractivity contribution in [2.24, 2.45) is 0 Å². The second kappa shape index (κ2) is 3.38. The van der Waals surface area contributed by atoms with Gasteiger partial charge in [-0.2, -0.15) is 0 Å². The molecule has 2 aromatic heterocycles. The molecule has 78 valence electrons. The summed E-state index contributed by atoms with van der Waals surface area (Å²) in [6.07, 6.45) is 5.06. The van der Waals surface area contributed by atoms with Gasteiger partial charge in [0.1, 0.15) is 5.75 Å². The minimum absolute atomic E-state index is 0.226. The van der Waals surface area contributed by atoms with Crippen LogP contribution in [-0.2, 0) is 0 Å². The van der Waals surface area contributed by atoms with Crippen LogP contribution in [0.3, 0.4) is 0 Å². The maximum atomic E-state index is 9.39.